The molecule has 1 amide bonds. The predicted octanol–water partition coefficient (Wildman–Crippen LogP) is 1.17. The van der Waals surface area contributed by atoms with Crippen LogP contribution in [0.3, 0.4) is 0 Å². The van der Waals surface area contributed by atoms with Gasteiger partial charge >= 0.3 is 0 Å². The summed E-state index contributed by atoms with van der Waals surface area (Å²) in [5, 5.41) is 2.57. The molecule has 2 rings (SSSR count). The number of hydrogen-bond donors (Lipinski definition) is 3. The van der Waals surface area contributed by atoms with E-state index in [0.717, 1.165) is 0 Å². The molecule has 0 aromatic carbocycles. The van der Waals surface area contributed by atoms with Crippen molar-refractivity contribution in [3.8, 4) is 0 Å². The fourth-order valence-corrected chi connectivity index (χ4v) is 1.40. The molecule has 0 fully saturated rings. The number of aromatic nitrogens is 3. The summed E-state index contributed by atoms with van der Waals surface area (Å²) in [4.78, 5) is 23.8. The normalized spacial score (nSPS) is 9.89. The van der Waals surface area contributed by atoms with Gasteiger partial charge in [0.15, 0.2) is 5.82 Å². The number of rotatable bonds is 3. The molecule has 0 aliphatic carbocycles. The number of hydrogen-bond acceptors (Lipinski definition) is 6. The summed E-state index contributed by atoms with van der Waals surface area (Å²) in [7, 11) is 0. The average molecular weight is 309 g/mol. The fraction of sp³-hybridized carbons (Fsp3) is 0. The largest absolute Gasteiger partial charge is 0.308 e. The maximum atomic E-state index is 11.8. The Hall–Kier alpha value is -2.06. The van der Waals surface area contributed by atoms with E-state index in [1.807, 2.05) is 0 Å². The van der Waals surface area contributed by atoms with Gasteiger partial charge in [-0.15, -0.1) is 0 Å². The number of nitrogen functional groups attached to an aromatic ring is 1. The van der Waals surface area contributed by atoms with Gasteiger partial charge in [-0.3, -0.25) is 4.79 Å². The van der Waals surface area contributed by atoms with Gasteiger partial charge in [0, 0.05) is 0 Å². The van der Waals surface area contributed by atoms with E-state index in [2.05, 4.69) is 41.6 Å². The third-order valence-electron chi connectivity index (χ3n) is 1.99. The molecule has 0 aliphatic rings. The van der Waals surface area contributed by atoms with Crippen LogP contribution in [0.15, 0.2) is 35.2 Å². The Labute approximate surface area is 111 Å². The second kappa shape index (κ2) is 5.52. The van der Waals surface area contributed by atoms with Crippen LogP contribution in [-0.4, -0.2) is 20.9 Å². The van der Waals surface area contributed by atoms with Crippen LogP contribution in [0.4, 0.5) is 11.6 Å². The summed E-state index contributed by atoms with van der Waals surface area (Å²) >= 11 is 3.15. The molecule has 0 saturated heterocycles. The third-order valence-corrected chi connectivity index (χ3v) is 2.40. The summed E-state index contributed by atoms with van der Waals surface area (Å²) in [6, 6.07) is 4.89. The van der Waals surface area contributed by atoms with E-state index in [9.17, 15) is 4.79 Å². The summed E-state index contributed by atoms with van der Waals surface area (Å²) in [5.41, 5.74) is 2.60. The maximum absolute atomic E-state index is 11.8. The van der Waals surface area contributed by atoms with Gasteiger partial charge in [0.05, 0.1) is 12.4 Å². The number of carbonyl (C=O) groups excluding carboxylic acids is 1. The van der Waals surface area contributed by atoms with E-state index < -0.39 is 0 Å². The molecule has 0 atom stereocenters. The molecule has 7 nitrogen and oxygen atoms in total. The topological polar surface area (TPSA) is 106 Å². The maximum Gasteiger partial charge on any atom is 0.275 e. The second-order valence-electron chi connectivity index (χ2n) is 3.23. The van der Waals surface area contributed by atoms with Crippen LogP contribution in [0, 0.1) is 0 Å². The lowest BCUT2D eigenvalue weighted by atomic mass is 10.3. The molecule has 0 radical (unpaired) electrons. The lowest BCUT2D eigenvalue weighted by Gasteiger charge is -2.04. The van der Waals surface area contributed by atoms with Gasteiger partial charge < -0.3 is 10.7 Å². The molecule has 2 aromatic rings. The van der Waals surface area contributed by atoms with Crippen LogP contribution in [0.2, 0.25) is 0 Å². The van der Waals surface area contributed by atoms with Gasteiger partial charge in [0.1, 0.15) is 16.1 Å². The van der Waals surface area contributed by atoms with Gasteiger partial charge in [-0.2, -0.15) is 0 Å². The molecule has 18 heavy (non-hydrogen) atoms. The van der Waals surface area contributed by atoms with Gasteiger partial charge in [0.25, 0.3) is 5.91 Å². The minimum atomic E-state index is -0.385. The molecular formula is C10H9BrN6O. The first kappa shape index (κ1) is 12.4. The number of hydrazine groups is 1. The molecule has 92 valence electrons. The zero-order chi connectivity index (χ0) is 13.0. The Kier molecular flexibility index (Phi) is 3.80. The van der Waals surface area contributed by atoms with Crippen molar-refractivity contribution in [3.63, 3.8) is 0 Å². The van der Waals surface area contributed by atoms with Crippen LogP contribution in [0.5, 0.6) is 0 Å². The molecule has 0 unspecified atom stereocenters. The highest BCUT2D eigenvalue weighted by molar-refractivity contribution is 9.10. The highest BCUT2D eigenvalue weighted by Gasteiger charge is 2.09. The summed E-state index contributed by atoms with van der Waals surface area (Å²) in [6.45, 7) is 0. The van der Waals surface area contributed by atoms with Gasteiger partial charge in [-0.1, -0.05) is 6.07 Å². The molecule has 2 aromatic heterocycles. The zero-order valence-corrected chi connectivity index (χ0v) is 10.7. The van der Waals surface area contributed by atoms with Crippen LogP contribution in [0.25, 0.3) is 0 Å². The van der Waals surface area contributed by atoms with Crippen molar-refractivity contribution in [2.24, 2.45) is 5.84 Å². The Balaban J connectivity index is 2.14. The van der Waals surface area contributed by atoms with E-state index in [4.69, 9.17) is 5.84 Å². The Morgan fingerprint density at radius 3 is 2.72 bits per heavy atom. The number of amides is 1. The Morgan fingerprint density at radius 1 is 1.22 bits per heavy atom. The molecule has 4 N–H and O–H groups in total. The quantitative estimate of drug-likeness (QED) is 0.580. The molecule has 0 spiro atoms. The molecular weight excluding hydrogens is 300 g/mol. The highest BCUT2D eigenvalue weighted by Crippen LogP contribution is 2.08. The monoisotopic (exact) mass is 308 g/mol. The number of nitrogens with one attached hydrogen (secondary N) is 2. The molecule has 8 heteroatoms. The van der Waals surface area contributed by atoms with Crippen molar-refractivity contribution in [1.29, 1.82) is 0 Å². The molecule has 0 aliphatic heterocycles. The van der Waals surface area contributed by atoms with E-state index in [1.165, 1.54) is 12.4 Å². The van der Waals surface area contributed by atoms with Crippen LogP contribution >= 0.6 is 15.9 Å². The first-order chi connectivity index (χ1) is 8.69. The second-order valence-corrected chi connectivity index (χ2v) is 4.04. The van der Waals surface area contributed by atoms with Crippen molar-refractivity contribution < 1.29 is 4.79 Å². The first-order valence-electron chi connectivity index (χ1n) is 4.91. The van der Waals surface area contributed by atoms with Gasteiger partial charge in [0.2, 0.25) is 0 Å². The molecule has 2 heterocycles. The number of nitrogens with zero attached hydrogens (tertiary/aromatic N) is 3. The number of halogens is 1. The number of anilines is 2. The number of carbonyl (C=O) groups is 1. The van der Waals surface area contributed by atoms with Crippen LogP contribution < -0.4 is 16.6 Å². The van der Waals surface area contributed by atoms with E-state index in [0.29, 0.717) is 16.2 Å². The van der Waals surface area contributed by atoms with Crippen LogP contribution in [-0.2, 0) is 0 Å². The molecule has 0 bridgehead atoms. The lowest BCUT2D eigenvalue weighted by molar-refractivity contribution is 0.102. The van der Waals surface area contributed by atoms with Gasteiger partial charge in [-0.05, 0) is 28.1 Å². The van der Waals surface area contributed by atoms with Crippen molar-refractivity contribution in [1.82, 2.24) is 15.0 Å². The van der Waals surface area contributed by atoms with Crippen molar-refractivity contribution in [2.75, 3.05) is 10.7 Å². The van der Waals surface area contributed by atoms with E-state index in [1.54, 1.807) is 18.2 Å². The van der Waals surface area contributed by atoms with Crippen molar-refractivity contribution in [2.45, 2.75) is 0 Å². The summed E-state index contributed by atoms with van der Waals surface area (Å²) in [6.07, 6.45) is 2.92. The number of pyridine rings is 1. The zero-order valence-electron chi connectivity index (χ0n) is 9.09. The number of nitrogens with two attached hydrogens (primary N) is 1. The van der Waals surface area contributed by atoms with E-state index >= 15 is 0 Å². The average Bonchev–Trinajstić information content (AvgIpc) is 2.41. The summed E-state index contributed by atoms with van der Waals surface area (Å²) < 4.78 is 0.591. The molecule has 0 saturated carbocycles. The first-order valence-corrected chi connectivity index (χ1v) is 5.71. The van der Waals surface area contributed by atoms with Crippen LogP contribution in [0.1, 0.15) is 10.5 Å². The highest BCUT2D eigenvalue weighted by atomic mass is 79.9. The fourth-order valence-electron chi connectivity index (χ4n) is 1.20. The van der Waals surface area contributed by atoms with E-state index in [-0.39, 0.29) is 11.6 Å². The van der Waals surface area contributed by atoms with Crippen molar-refractivity contribution in [3.05, 3.63) is 40.9 Å². The third kappa shape index (κ3) is 2.99. The lowest BCUT2D eigenvalue weighted by Crippen LogP contribution is -2.16. The van der Waals surface area contributed by atoms with Crippen molar-refractivity contribution >= 4 is 33.5 Å². The minimum absolute atomic E-state index is 0.232. The summed E-state index contributed by atoms with van der Waals surface area (Å²) in [5.74, 6) is 5.58. The minimum Gasteiger partial charge on any atom is -0.308 e. The standard InChI is InChI=1S/C10H9BrN6O/c11-7-4-14-9(5-13-7)16-10(18)6-2-1-3-8(15-6)17-12/h1-5H,12H2,(H,15,17)(H,14,16,18). The SMILES string of the molecule is NNc1cccc(C(=O)Nc2cnc(Br)cn2)n1. The van der Waals surface area contributed by atoms with Gasteiger partial charge in [-0.25, -0.2) is 20.8 Å². The Bertz CT molecular complexity index is 559. The smallest absolute Gasteiger partial charge is 0.275 e. The predicted molar refractivity (Wildman–Crippen MR) is 69.7 cm³/mol. The Morgan fingerprint density at radius 2 is 2.06 bits per heavy atom.